The third-order valence-corrected chi connectivity index (χ3v) is 4.83. The third-order valence-electron chi connectivity index (χ3n) is 4.54. The molecule has 1 saturated heterocycles. The van der Waals surface area contributed by atoms with Crippen molar-refractivity contribution in [2.75, 3.05) is 36.4 Å². The van der Waals surface area contributed by atoms with E-state index in [0.717, 1.165) is 11.8 Å². The van der Waals surface area contributed by atoms with Gasteiger partial charge in [-0.05, 0) is 30.7 Å². The van der Waals surface area contributed by atoms with E-state index in [0.29, 0.717) is 31.2 Å². The Labute approximate surface area is 159 Å². The van der Waals surface area contributed by atoms with E-state index in [1.54, 1.807) is 17.3 Å². The maximum atomic E-state index is 13.0. The smallest absolute Gasteiger partial charge is 0.367 e. The summed E-state index contributed by atoms with van der Waals surface area (Å²) in [6.07, 6.45) is -1.25. The molecule has 0 unspecified atom stereocenters. The van der Waals surface area contributed by atoms with Gasteiger partial charge in [-0.25, -0.2) is 4.79 Å². The number of rotatable bonds is 2. The molecule has 0 aliphatic carbocycles. The van der Waals surface area contributed by atoms with Gasteiger partial charge in [-0.3, -0.25) is 4.98 Å². The number of piperazine rings is 1. The van der Waals surface area contributed by atoms with Gasteiger partial charge in [0.25, 0.3) is 0 Å². The summed E-state index contributed by atoms with van der Waals surface area (Å²) in [6.45, 7) is 3.35. The van der Waals surface area contributed by atoms with Gasteiger partial charge in [-0.2, -0.15) is 13.2 Å². The first-order valence-corrected chi connectivity index (χ1v) is 8.72. The van der Waals surface area contributed by atoms with E-state index in [1.807, 2.05) is 11.0 Å². The molecule has 9 heteroatoms. The van der Waals surface area contributed by atoms with Gasteiger partial charge in [0.05, 0.1) is 16.3 Å². The molecule has 3 rings (SSSR count). The molecule has 2 aromatic rings. The Morgan fingerprint density at radius 2 is 1.89 bits per heavy atom. The van der Waals surface area contributed by atoms with Gasteiger partial charge in [-0.15, -0.1) is 0 Å². The number of benzene rings is 1. The number of halogens is 4. The van der Waals surface area contributed by atoms with E-state index in [2.05, 4.69) is 10.3 Å². The monoisotopic (exact) mass is 398 g/mol. The first-order chi connectivity index (χ1) is 12.8. The molecule has 144 valence electrons. The second-order valence-electron chi connectivity index (χ2n) is 6.21. The van der Waals surface area contributed by atoms with Crippen molar-refractivity contribution in [2.45, 2.75) is 13.1 Å². The van der Waals surface area contributed by atoms with Gasteiger partial charge in [-0.1, -0.05) is 17.7 Å². The van der Waals surface area contributed by atoms with Crippen LogP contribution in [0.25, 0.3) is 0 Å². The molecule has 1 aliphatic rings. The Morgan fingerprint density at radius 3 is 2.52 bits per heavy atom. The van der Waals surface area contributed by atoms with Gasteiger partial charge < -0.3 is 15.1 Å². The van der Waals surface area contributed by atoms with Crippen molar-refractivity contribution in [3.63, 3.8) is 0 Å². The minimum absolute atomic E-state index is 0.000512. The van der Waals surface area contributed by atoms with E-state index < -0.39 is 17.8 Å². The Balaban J connectivity index is 1.65. The van der Waals surface area contributed by atoms with E-state index in [-0.39, 0.29) is 11.3 Å². The summed E-state index contributed by atoms with van der Waals surface area (Å²) in [5, 5.41) is 3.13. The van der Waals surface area contributed by atoms with E-state index in [9.17, 15) is 18.0 Å². The number of hydrogen-bond acceptors (Lipinski definition) is 3. The lowest BCUT2D eigenvalue weighted by Crippen LogP contribution is -2.50. The number of carbonyl (C=O) groups is 1. The molecule has 1 N–H and O–H groups in total. The van der Waals surface area contributed by atoms with E-state index in [1.165, 1.54) is 19.1 Å². The van der Waals surface area contributed by atoms with Crippen LogP contribution < -0.4 is 10.2 Å². The number of alkyl halides is 3. The summed E-state index contributed by atoms with van der Waals surface area (Å²) in [4.78, 5) is 20.0. The first-order valence-electron chi connectivity index (χ1n) is 8.34. The molecule has 1 fully saturated rings. The number of carbonyl (C=O) groups excluding carboxylic acids is 1. The van der Waals surface area contributed by atoms with Crippen molar-refractivity contribution >= 4 is 29.0 Å². The Morgan fingerprint density at radius 1 is 1.19 bits per heavy atom. The number of pyridine rings is 1. The lowest BCUT2D eigenvalue weighted by atomic mass is 10.1. The summed E-state index contributed by atoms with van der Waals surface area (Å²) < 4.78 is 39.0. The highest BCUT2D eigenvalue weighted by molar-refractivity contribution is 6.33. The maximum Gasteiger partial charge on any atom is 0.416 e. The standard InChI is InChI=1S/C18H18ClF3N4O/c1-12-13(18(20,21)22)3-2-4-15(12)24-17(27)26-9-7-25(8-10-26)16-5-6-23-11-14(16)19/h2-6,11H,7-10H2,1H3,(H,24,27). The molecule has 0 bridgehead atoms. The number of aromatic nitrogens is 1. The highest BCUT2D eigenvalue weighted by atomic mass is 35.5. The van der Waals surface area contributed by atoms with E-state index in [4.69, 9.17) is 11.6 Å². The Bertz CT molecular complexity index is 836. The molecular weight excluding hydrogens is 381 g/mol. The molecule has 1 aliphatic heterocycles. The van der Waals surface area contributed by atoms with Crippen LogP contribution in [0.4, 0.5) is 29.3 Å². The maximum absolute atomic E-state index is 13.0. The Hall–Kier alpha value is -2.48. The summed E-state index contributed by atoms with van der Waals surface area (Å²) in [5.74, 6) is 0. The fourth-order valence-electron chi connectivity index (χ4n) is 3.05. The average Bonchev–Trinajstić information content (AvgIpc) is 2.63. The van der Waals surface area contributed by atoms with Gasteiger partial charge >= 0.3 is 12.2 Å². The van der Waals surface area contributed by atoms with Crippen molar-refractivity contribution < 1.29 is 18.0 Å². The van der Waals surface area contributed by atoms with Crippen LogP contribution in [-0.2, 0) is 6.18 Å². The number of urea groups is 1. The SMILES string of the molecule is Cc1c(NC(=O)N2CCN(c3ccncc3Cl)CC2)cccc1C(F)(F)F. The van der Waals surface area contributed by atoms with Gasteiger partial charge in [0.15, 0.2) is 0 Å². The second kappa shape index (κ2) is 7.64. The molecule has 0 atom stereocenters. The van der Waals surface area contributed by atoms with Crippen LogP contribution in [0.1, 0.15) is 11.1 Å². The van der Waals surface area contributed by atoms with Crippen molar-refractivity contribution in [3.05, 3.63) is 52.8 Å². The molecule has 0 saturated carbocycles. The largest absolute Gasteiger partial charge is 0.416 e. The van der Waals surface area contributed by atoms with Crippen molar-refractivity contribution in [1.82, 2.24) is 9.88 Å². The summed E-state index contributed by atoms with van der Waals surface area (Å²) in [7, 11) is 0. The van der Waals surface area contributed by atoms with Crippen LogP contribution in [0, 0.1) is 6.92 Å². The predicted molar refractivity (Wildman–Crippen MR) is 98.2 cm³/mol. The minimum Gasteiger partial charge on any atom is -0.367 e. The average molecular weight is 399 g/mol. The first kappa shape index (κ1) is 19.3. The lowest BCUT2D eigenvalue weighted by Gasteiger charge is -2.36. The minimum atomic E-state index is -4.46. The zero-order valence-corrected chi connectivity index (χ0v) is 15.3. The molecular formula is C18H18ClF3N4O. The second-order valence-corrected chi connectivity index (χ2v) is 6.61. The number of anilines is 2. The third kappa shape index (κ3) is 4.27. The molecule has 5 nitrogen and oxygen atoms in total. The zero-order valence-electron chi connectivity index (χ0n) is 14.6. The quantitative estimate of drug-likeness (QED) is 0.814. The number of hydrogen-bond donors (Lipinski definition) is 1. The number of nitrogens with one attached hydrogen (secondary N) is 1. The van der Waals surface area contributed by atoms with Crippen LogP contribution in [0.15, 0.2) is 36.7 Å². The van der Waals surface area contributed by atoms with Crippen LogP contribution in [0.2, 0.25) is 5.02 Å². The van der Waals surface area contributed by atoms with Gasteiger partial charge in [0.2, 0.25) is 0 Å². The van der Waals surface area contributed by atoms with E-state index >= 15 is 0 Å². The van der Waals surface area contributed by atoms with Gasteiger partial charge in [0.1, 0.15) is 0 Å². The van der Waals surface area contributed by atoms with Gasteiger partial charge in [0, 0.05) is 44.3 Å². The highest BCUT2D eigenvalue weighted by Gasteiger charge is 2.33. The van der Waals surface area contributed by atoms with Crippen LogP contribution >= 0.6 is 11.6 Å². The molecule has 27 heavy (non-hydrogen) atoms. The molecule has 2 heterocycles. The summed E-state index contributed by atoms with van der Waals surface area (Å²) in [6, 6.07) is 5.15. The molecule has 0 spiro atoms. The normalized spacial score (nSPS) is 15.0. The topological polar surface area (TPSA) is 48.5 Å². The van der Waals surface area contributed by atoms with Crippen molar-refractivity contribution in [1.29, 1.82) is 0 Å². The zero-order chi connectivity index (χ0) is 19.6. The molecule has 1 aromatic carbocycles. The van der Waals surface area contributed by atoms with Crippen molar-refractivity contribution in [3.8, 4) is 0 Å². The fourth-order valence-corrected chi connectivity index (χ4v) is 3.29. The van der Waals surface area contributed by atoms with Crippen LogP contribution in [0.3, 0.4) is 0 Å². The highest BCUT2D eigenvalue weighted by Crippen LogP contribution is 2.34. The van der Waals surface area contributed by atoms with Crippen LogP contribution in [-0.4, -0.2) is 42.1 Å². The number of nitrogens with zero attached hydrogens (tertiary/aromatic N) is 3. The number of amides is 2. The Kier molecular flexibility index (Phi) is 5.46. The van der Waals surface area contributed by atoms with Crippen molar-refractivity contribution in [2.24, 2.45) is 0 Å². The molecule has 1 aromatic heterocycles. The summed E-state index contributed by atoms with van der Waals surface area (Å²) in [5.41, 5.74) is 0.257. The lowest BCUT2D eigenvalue weighted by molar-refractivity contribution is -0.138. The summed E-state index contributed by atoms with van der Waals surface area (Å²) >= 11 is 6.14. The molecule has 2 amide bonds. The van der Waals surface area contributed by atoms with Crippen LogP contribution in [0.5, 0.6) is 0 Å². The fraction of sp³-hybridized carbons (Fsp3) is 0.333. The predicted octanol–water partition coefficient (Wildman–Crippen LogP) is 4.42. The molecule has 0 radical (unpaired) electrons.